The molecule has 1 aliphatic carbocycles. The Morgan fingerprint density at radius 1 is 1.32 bits per heavy atom. The van der Waals surface area contributed by atoms with Gasteiger partial charge in [0.2, 0.25) is 11.8 Å². The van der Waals surface area contributed by atoms with Crippen molar-refractivity contribution < 1.29 is 14.3 Å². The number of nitrogens with two attached hydrogens (primary N) is 1. The lowest BCUT2D eigenvalue weighted by Gasteiger charge is -2.25. The van der Waals surface area contributed by atoms with E-state index in [4.69, 9.17) is 10.5 Å². The van der Waals surface area contributed by atoms with Crippen LogP contribution < -0.4 is 15.8 Å². The minimum atomic E-state index is -0.387. The quantitative estimate of drug-likeness (QED) is 0.766. The Hall–Kier alpha value is -2.04. The topological polar surface area (TPSA) is 81.4 Å². The molecule has 0 aromatic heterocycles. The predicted molar refractivity (Wildman–Crippen MR) is 84.4 cm³/mol. The molecule has 0 saturated heterocycles. The van der Waals surface area contributed by atoms with E-state index < -0.39 is 0 Å². The monoisotopic (exact) mass is 304 g/mol. The van der Waals surface area contributed by atoms with E-state index in [9.17, 15) is 9.59 Å². The molecule has 0 aliphatic heterocycles. The number of carbonyl (C=O) groups excluding carboxylic acids is 2. The maximum Gasteiger partial charge on any atom is 0.223 e. The smallest absolute Gasteiger partial charge is 0.223 e. The standard InChI is InChI=1S/C17H24N2O3/c1-2-22-15-8-6-12(7-9-15)10-14(16(18)20)11-19-17(21)13-4-3-5-13/h6-9,13-14H,2-5,10-11H2,1H3,(H2,18,20)(H,19,21)/t14-/m1/s1. The van der Waals surface area contributed by atoms with E-state index in [2.05, 4.69) is 5.32 Å². The van der Waals surface area contributed by atoms with Crippen LogP contribution in [0.2, 0.25) is 0 Å². The molecule has 0 bridgehead atoms. The van der Waals surface area contributed by atoms with Crippen LogP contribution >= 0.6 is 0 Å². The first-order valence-electron chi connectivity index (χ1n) is 7.89. The molecule has 1 fully saturated rings. The van der Waals surface area contributed by atoms with Crippen molar-refractivity contribution in [1.82, 2.24) is 5.32 Å². The minimum Gasteiger partial charge on any atom is -0.494 e. The summed E-state index contributed by atoms with van der Waals surface area (Å²) in [5, 5.41) is 2.85. The van der Waals surface area contributed by atoms with E-state index in [0.717, 1.165) is 30.6 Å². The molecule has 0 heterocycles. The summed E-state index contributed by atoms with van der Waals surface area (Å²) in [5.41, 5.74) is 6.46. The molecule has 1 aromatic rings. The van der Waals surface area contributed by atoms with E-state index in [1.54, 1.807) is 0 Å². The lowest BCUT2D eigenvalue weighted by Crippen LogP contribution is -2.41. The number of primary amides is 1. The van der Waals surface area contributed by atoms with Gasteiger partial charge in [-0.1, -0.05) is 18.6 Å². The van der Waals surface area contributed by atoms with Crippen molar-refractivity contribution in [2.75, 3.05) is 13.2 Å². The summed E-state index contributed by atoms with van der Waals surface area (Å²) < 4.78 is 5.39. The first-order valence-corrected chi connectivity index (χ1v) is 7.89. The molecule has 3 N–H and O–H groups in total. The van der Waals surface area contributed by atoms with Gasteiger partial charge in [-0.15, -0.1) is 0 Å². The molecular weight excluding hydrogens is 280 g/mol. The largest absolute Gasteiger partial charge is 0.494 e. The van der Waals surface area contributed by atoms with Crippen LogP contribution in [0.25, 0.3) is 0 Å². The van der Waals surface area contributed by atoms with E-state index >= 15 is 0 Å². The normalized spacial score (nSPS) is 15.7. The van der Waals surface area contributed by atoms with Gasteiger partial charge in [0, 0.05) is 12.5 Å². The molecule has 5 heteroatoms. The number of ether oxygens (including phenoxy) is 1. The SMILES string of the molecule is CCOc1ccc(C[C@H](CNC(=O)C2CCC2)C(N)=O)cc1. The van der Waals surface area contributed by atoms with Crippen LogP contribution in [0, 0.1) is 11.8 Å². The Balaban J connectivity index is 1.87. The van der Waals surface area contributed by atoms with Crippen LogP contribution in [0.4, 0.5) is 0 Å². The van der Waals surface area contributed by atoms with Gasteiger partial charge in [0.15, 0.2) is 0 Å². The third-order valence-electron chi connectivity index (χ3n) is 4.12. The average Bonchev–Trinajstić information content (AvgIpc) is 2.43. The van der Waals surface area contributed by atoms with Crippen molar-refractivity contribution in [2.45, 2.75) is 32.6 Å². The van der Waals surface area contributed by atoms with E-state index in [-0.39, 0.29) is 23.7 Å². The third kappa shape index (κ3) is 4.48. The predicted octanol–water partition coefficient (Wildman–Crippen LogP) is 1.65. The summed E-state index contributed by atoms with van der Waals surface area (Å²) in [6.45, 7) is 2.86. The van der Waals surface area contributed by atoms with Crippen LogP contribution in [0.3, 0.4) is 0 Å². The molecule has 5 nitrogen and oxygen atoms in total. The average molecular weight is 304 g/mol. The number of nitrogens with one attached hydrogen (secondary N) is 1. The van der Waals surface area contributed by atoms with Gasteiger partial charge < -0.3 is 15.8 Å². The Labute approximate surface area is 131 Å². The Bertz CT molecular complexity index is 509. The zero-order valence-corrected chi connectivity index (χ0v) is 13.0. The van der Waals surface area contributed by atoms with Crippen LogP contribution in [0.1, 0.15) is 31.7 Å². The fourth-order valence-electron chi connectivity index (χ4n) is 2.48. The van der Waals surface area contributed by atoms with Gasteiger partial charge >= 0.3 is 0 Å². The molecule has 1 aliphatic rings. The van der Waals surface area contributed by atoms with Gasteiger partial charge in [0.05, 0.1) is 12.5 Å². The number of rotatable bonds is 8. The van der Waals surface area contributed by atoms with E-state index in [1.807, 2.05) is 31.2 Å². The number of hydrogen-bond acceptors (Lipinski definition) is 3. The minimum absolute atomic E-state index is 0.0455. The molecule has 1 saturated carbocycles. The Kier molecular flexibility index (Phi) is 5.81. The first kappa shape index (κ1) is 16.3. The van der Waals surface area contributed by atoms with Gasteiger partial charge in [-0.05, 0) is 43.9 Å². The van der Waals surface area contributed by atoms with Crippen molar-refractivity contribution in [3.05, 3.63) is 29.8 Å². The van der Waals surface area contributed by atoms with Crippen molar-refractivity contribution in [1.29, 1.82) is 0 Å². The number of carbonyl (C=O) groups is 2. The second-order valence-electron chi connectivity index (χ2n) is 5.75. The van der Waals surface area contributed by atoms with Crippen LogP contribution in [0.5, 0.6) is 5.75 Å². The highest BCUT2D eigenvalue weighted by Gasteiger charge is 2.26. The number of amides is 2. The maximum absolute atomic E-state index is 11.8. The summed E-state index contributed by atoms with van der Waals surface area (Å²) in [7, 11) is 0. The van der Waals surface area contributed by atoms with Gasteiger partial charge in [-0.25, -0.2) is 0 Å². The Morgan fingerprint density at radius 2 is 2.00 bits per heavy atom. The van der Waals surface area contributed by atoms with Crippen molar-refractivity contribution in [3.63, 3.8) is 0 Å². The summed E-state index contributed by atoms with van der Waals surface area (Å²) >= 11 is 0. The summed E-state index contributed by atoms with van der Waals surface area (Å²) in [5.74, 6) is 0.202. The van der Waals surface area contributed by atoms with Gasteiger partial charge in [0.25, 0.3) is 0 Å². The fourth-order valence-corrected chi connectivity index (χ4v) is 2.48. The highest BCUT2D eigenvalue weighted by Crippen LogP contribution is 2.26. The van der Waals surface area contributed by atoms with Gasteiger partial charge in [-0.2, -0.15) is 0 Å². The summed E-state index contributed by atoms with van der Waals surface area (Å²) in [6, 6.07) is 7.61. The molecule has 22 heavy (non-hydrogen) atoms. The van der Waals surface area contributed by atoms with Crippen LogP contribution in [-0.2, 0) is 16.0 Å². The van der Waals surface area contributed by atoms with Crippen LogP contribution in [0.15, 0.2) is 24.3 Å². The molecule has 1 atom stereocenters. The maximum atomic E-state index is 11.8. The number of hydrogen-bond donors (Lipinski definition) is 2. The summed E-state index contributed by atoms with van der Waals surface area (Å²) in [4.78, 5) is 23.4. The van der Waals surface area contributed by atoms with Crippen LogP contribution in [-0.4, -0.2) is 25.0 Å². The number of benzene rings is 1. The molecule has 1 aromatic carbocycles. The van der Waals surface area contributed by atoms with Gasteiger partial charge in [0.1, 0.15) is 5.75 Å². The highest BCUT2D eigenvalue weighted by atomic mass is 16.5. The Morgan fingerprint density at radius 3 is 2.50 bits per heavy atom. The molecule has 120 valence electrons. The third-order valence-corrected chi connectivity index (χ3v) is 4.12. The first-order chi connectivity index (χ1) is 10.6. The van der Waals surface area contributed by atoms with E-state index in [0.29, 0.717) is 19.6 Å². The molecule has 2 amide bonds. The fraction of sp³-hybridized carbons (Fsp3) is 0.529. The lowest BCUT2D eigenvalue weighted by atomic mass is 9.84. The van der Waals surface area contributed by atoms with Crippen molar-refractivity contribution in [2.24, 2.45) is 17.6 Å². The molecular formula is C17H24N2O3. The van der Waals surface area contributed by atoms with Crippen molar-refractivity contribution >= 4 is 11.8 Å². The van der Waals surface area contributed by atoms with Crippen molar-refractivity contribution in [3.8, 4) is 5.75 Å². The zero-order valence-electron chi connectivity index (χ0n) is 13.0. The molecule has 2 rings (SSSR count). The van der Waals surface area contributed by atoms with E-state index in [1.165, 1.54) is 0 Å². The second kappa shape index (κ2) is 7.82. The lowest BCUT2D eigenvalue weighted by molar-refractivity contribution is -0.128. The molecule has 0 radical (unpaired) electrons. The second-order valence-corrected chi connectivity index (χ2v) is 5.75. The zero-order chi connectivity index (χ0) is 15.9. The summed E-state index contributed by atoms with van der Waals surface area (Å²) in [6.07, 6.45) is 3.54. The highest BCUT2D eigenvalue weighted by molar-refractivity contribution is 5.81. The molecule has 0 spiro atoms. The molecule has 0 unspecified atom stereocenters. The van der Waals surface area contributed by atoms with Gasteiger partial charge in [-0.3, -0.25) is 9.59 Å².